The molecule has 178 valence electrons. The van der Waals surface area contributed by atoms with Crippen molar-refractivity contribution < 1.29 is 9.53 Å². The summed E-state index contributed by atoms with van der Waals surface area (Å²) in [7, 11) is 0. The number of carbonyl (C=O) groups is 1. The van der Waals surface area contributed by atoms with Gasteiger partial charge < -0.3 is 9.64 Å². The minimum absolute atomic E-state index is 0.177. The second kappa shape index (κ2) is 12.4. The van der Waals surface area contributed by atoms with Crippen molar-refractivity contribution in [3.05, 3.63) is 108 Å². The van der Waals surface area contributed by atoms with Gasteiger partial charge in [0.15, 0.2) is 0 Å². The van der Waals surface area contributed by atoms with Crippen LogP contribution in [0.1, 0.15) is 48.8 Å². The van der Waals surface area contributed by atoms with Crippen molar-refractivity contribution in [3.63, 3.8) is 0 Å². The van der Waals surface area contributed by atoms with Gasteiger partial charge in [0.2, 0.25) is 0 Å². The third-order valence-corrected chi connectivity index (χ3v) is 6.84. The van der Waals surface area contributed by atoms with Crippen molar-refractivity contribution in [1.82, 2.24) is 9.80 Å². The van der Waals surface area contributed by atoms with Gasteiger partial charge in [-0.05, 0) is 49.4 Å². The first kappa shape index (κ1) is 24.0. The van der Waals surface area contributed by atoms with E-state index in [1.165, 1.54) is 16.7 Å². The van der Waals surface area contributed by atoms with Crippen LogP contribution >= 0.6 is 0 Å². The van der Waals surface area contributed by atoms with Crippen LogP contribution in [-0.2, 0) is 11.3 Å². The van der Waals surface area contributed by atoms with Crippen LogP contribution in [0.2, 0.25) is 0 Å². The average Bonchev–Trinajstić information content (AvgIpc) is 2.90. The van der Waals surface area contributed by atoms with Gasteiger partial charge >= 0.3 is 6.09 Å². The molecule has 1 heterocycles. The maximum Gasteiger partial charge on any atom is 0.409 e. The van der Waals surface area contributed by atoms with Crippen molar-refractivity contribution in [2.75, 3.05) is 26.2 Å². The Kier molecular flexibility index (Phi) is 8.75. The first-order valence-corrected chi connectivity index (χ1v) is 12.5. The van der Waals surface area contributed by atoms with E-state index in [1.54, 1.807) is 0 Å². The Morgan fingerprint density at radius 1 is 0.882 bits per heavy atom. The van der Waals surface area contributed by atoms with Gasteiger partial charge in [0.05, 0.1) is 6.61 Å². The molecule has 3 aromatic carbocycles. The molecule has 0 N–H and O–H groups in total. The SMILES string of the molecule is CCOC(=O)N1CCC(N(CCC(c2ccccc2)c2ccccc2)Cc2ccccc2)CC1. The molecule has 1 fully saturated rings. The third-order valence-electron chi connectivity index (χ3n) is 6.84. The summed E-state index contributed by atoms with van der Waals surface area (Å²) in [5, 5.41) is 0. The average molecular weight is 457 g/mol. The first-order valence-electron chi connectivity index (χ1n) is 12.5. The lowest BCUT2D eigenvalue weighted by Crippen LogP contribution is -2.47. The summed E-state index contributed by atoms with van der Waals surface area (Å²) in [6.07, 6.45) is 2.84. The molecule has 0 saturated carbocycles. The fourth-order valence-corrected chi connectivity index (χ4v) is 5.03. The smallest absolute Gasteiger partial charge is 0.409 e. The van der Waals surface area contributed by atoms with Gasteiger partial charge in [0.25, 0.3) is 0 Å². The molecule has 4 rings (SSSR count). The highest BCUT2D eigenvalue weighted by Gasteiger charge is 2.28. The molecule has 0 radical (unpaired) electrons. The van der Waals surface area contributed by atoms with Crippen LogP contribution in [0.15, 0.2) is 91.0 Å². The summed E-state index contributed by atoms with van der Waals surface area (Å²) < 4.78 is 5.22. The molecule has 4 nitrogen and oxygen atoms in total. The predicted molar refractivity (Wildman–Crippen MR) is 138 cm³/mol. The highest BCUT2D eigenvalue weighted by molar-refractivity contribution is 5.67. The predicted octanol–water partition coefficient (Wildman–Crippen LogP) is 6.33. The van der Waals surface area contributed by atoms with Gasteiger partial charge in [0.1, 0.15) is 0 Å². The van der Waals surface area contributed by atoms with E-state index in [2.05, 4.69) is 95.9 Å². The van der Waals surface area contributed by atoms with Crippen LogP contribution < -0.4 is 0 Å². The summed E-state index contributed by atoms with van der Waals surface area (Å²) in [4.78, 5) is 16.7. The van der Waals surface area contributed by atoms with E-state index in [0.29, 0.717) is 18.6 Å². The molecule has 0 atom stereocenters. The van der Waals surface area contributed by atoms with Crippen molar-refractivity contribution in [1.29, 1.82) is 0 Å². The van der Waals surface area contributed by atoms with Crippen molar-refractivity contribution in [2.24, 2.45) is 0 Å². The Hall–Kier alpha value is -3.11. The molecular weight excluding hydrogens is 420 g/mol. The van der Waals surface area contributed by atoms with Gasteiger partial charge in [-0.1, -0.05) is 91.0 Å². The third kappa shape index (κ3) is 6.48. The Bertz CT molecular complexity index is 947. The number of piperidine rings is 1. The van der Waals surface area contributed by atoms with E-state index in [1.807, 2.05) is 11.8 Å². The van der Waals surface area contributed by atoms with Crippen LogP contribution in [0.25, 0.3) is 0 Å². The molecule has 3 aromatic rings. The quantitative estimate of drug-likeness (QED) is 0.377. The number of hydrogen-bond donors (Lipinski definition) is 0. The number of likely N-dealkylation sites (tertiary alicyclic amines) is 1. The Morgan fingerprint density at radius 2 is 1.41 bits per heavy atom. The van der Waals surface area contributed by atoms with Crippen LogP contribution in [0.3, 0.4) is 0 Å². The van der Waals surface area contributed by atoms with Crippen LogP contribution in [0.4, 0.5) is 4.79 Å². The molecule has 0 unspecified atom stereocenters. The number of hydrogen-bond acceptors (Lipinski definition) is 3. The molecule has 0 aliphatic carbocycles. The van der Waals surface area contributed by atoms with E-state index in [0.717, 1.165) is 45.4 Å². The number of nitrogens with zero attached hydrogens (tertiary/aromatic N) is 2. The van der Waals surface area contributed by atoms with Crippen LogP contribution in [-0.4, -0.2) is 48.2 Å². The zero-order valence-electron chi connectivity index (χ0n) is 20.2. The summed E-state index contributed by atoms with van der Waals surface area (Å²) in [6.45, 7) is 5.75. The fourth-order valence-electron chi connectivity index (χ4n) is 5.03. The summed E-state index contributed by atoms with van der Waals surface area (Å²) in [6, 6.07) is 32.9. The minimum Gasteiger partial charge on any atom is -0.450 e. The molecule has 1 amide bonds. The van der Waals surface area contributed by atoms with Crippen molar-refractivity contribution >= 4 is 6.09 Å². The van der Waals surface area contributed by atoms with Gasteiger partial charge in [-0.3, -0.25) is 4.90 Å². The minimum atomic E-state index is -0.177. The molecular formula is C30H36N2O2. The summed E-state index contributed by atoms with van der Waals surface area (Å²) >= 11 is 0. The topological polar surface area (TPSA) is 32.8 Å². The number of carbonyl (C=O) groups excluding carboxylic acids is 1. The lowest BCUT2D eigenvalue weighted by Gasteiger charge is -2.39. The second-order valence-electron chi connectivity index (χ2n) is 9.04. The fraction of sp³-hybridized carbons (Fsp3) is 0.367. The monoisotopic (exact) mass is 456 g/mol. The standard InChI is InChI=1S/C30H36N2O2/c1-2-34-30(33)31-21-18-28(19-22-31)32(24-25-12-6-3-7-13-25)23-20-29(26-14-8-4-9-15-26)27-16-10-5-11-17-27/h3-17,28-29H,2,18-24H2,1H3. The second-order valence-corrected chi connectivity index (χ2v) is 9.04. The lowest BCUT2D eigenvalue weighted by atomic mass is 9.88. The highest BCUT2D eigenvalue weighted by Crippen LogP contribution is 2.29. The van der Waals surface area contributed by atoms with Gasteiger partial charge in [-0.2, -0.15) is 0 Å². The number of ether oxygens (including phenoxy) is 1. The molecule has 34 heavy (non-hydrogen) atoms. The Morgan fingerprint density at radius 3 is 1.94 bits per heavy atom. The van der Waals surface area contributed by atoms with Crippen molar-refractivity contribution in [3.8, 4) is 0 Å². The number of rotatable bonds is 9. The lowest BCUT2D eigenvalue weighted by molar-refractivity contribution is 0.0715. The van der Waals surface area contributed by atoms with E-state index in [-0.39, 0.29) is 6.09 Å². The maximum absolute atomic E-state index is 12.2. The summed E-state index contributed by atoms with van der Waals surface area (Å²) in [5.74, 6) is 0.361. The van der Waals surface area contributed by atoms with Crippen molar-refractivity contribution in [2.45, 2.75) is 44.7 Å². The van der Waals surface area contributed by atoms with E-state index >= 15 is 0 Å². The normalized spacial score (nSPS) is 14.5. The number of amides is 1. The van der Waals surface area contributed by atoms with Gasteiger partial charge in [-0.25, -0.2) is 4.79 Å². The maximum atomic E-state index is 12.2. The van der Waals surface area contributed by atoms with Gasteiger partial charge in [0, 0.05) is 31.6 Å². The number of benzene rings is 3. The molecule has 1 saturated heterocycles. The molecule has 1 aliphatic heterocycles. The van der Waals surface area contributed by atoms with Crippen LogP contribution in [0.5, 0.6) is 0 Å². The Labute approximate surface area is 204 Å². The van der Waals surface area contributed by atoms with E-state index in [4.69, 9.17) is 4.74 Å². The van der Waals surface area contributed by atoms with E-state index in [9.17, 15) is 4.79 Å². The molecule has 0 spiro atoms. The van der Waals surface area contributed by atoms with Gasteiger partial charge in [-0.15, -0.1) is 0 Å². The molecule has 4 heteroatoms. The zero-order valence-corrected chi connectivity index (χ0v) is 20.2. The molecule has 0 bridgehead atoms. The zero-order chi connectivity index (χ0) is 23.6. The summed E-state index contributed by atoms with van der Waals surface area (Å²) in [5.41, 5.74) is 4.07. The molecule has 1 aliphatic rings. The Balaban J connectivity index is 1.49. The van der Waals surface area contributed by atoms with E-state index < -0.39 is 0 Å². The largest absolute Gasteiger partial charge is 0.450 e. The molecule has 0 aromatic heterocycles. The highest BCUT2D eigenvalue weighted by atomic mass is 16.6. The van der Waals surface area contributed by atoms with Crippen LogP contribution in [0, 0.1) is 0 Å². The first-order chi connectivity index (χ1) is 16.7.